The molecule has 1 saturated carbocycles. The van der Waals surface area contributed by atoms with Crippen molar-refractivity contribution in [3.8, 4) is 0 Å². The fraction of sp³-hybridized carbons (Fsp3) is 0.480. The van der Waals surface area contributed by atoms with Gasteiger partial charge in [-0.2, -0.15) is 0 Å². The van der Waals surface area contributed by atoms with E-state index in [4.69, 9.17) is 0 Å². The molecule has 3 heteroatoms. The van der Waals surface area contributed by atoms with Crippen LogP contribution in [0.15, 0.2) is 60.7 Å². The lowest BCUT2D eigenvalue weighted by atomic mass is 9.68. The van der Waals surface area contributed by atoms with Gasteiger partial charge < -0.3 is 4.90 Å². The molecule has 1 atom stereocenters. The van der Waals surface area contributed by atoms with Gasteiger partial charge in [0.1, 0.15) is 0 Å². The Morgan fingerprint density at radius 2 is 1.54 bits per heavy atom. The van der Waals surface area contributed by atoms with E-state index in [9.17, 15) is 4.79 Å². The number of carbonyl (C=O) groups is 1. The first-order valence-corrected chi connectivity index (χ1v) is 10.9. The lowest BCUT2D eigenvalue weighted by molar-refractivity contribution is 0.0111. The minimum atomic E-state index is 0.199. The third kappa shape index (κ3) is 3.60. The van der Waals surface area contributed by atoms with Crippen molar-refractivity contribution < 1.29 is 4.79 Å². The van der Waals surface area contributed by atoms with Gasteiger partial charge in [0, 0.05) is 37.8 Å². The van der Waals surface area contributed by atoms with Crippen LogP contribution in [-0.4, -0.2) is 47.9 Å². The number of hydrogen-bond donors (Lipinski definition) is 0. The molecule has 28 heavy (non-hydrogen) atoms. The largest absolute Gasteiger partial charge is 0.339 e. The van der Waals surface area contributed by atoms with Gasteiger partial charge in [0.05, 0.1) is 0 Å². The van der Waals surface area contributed by atoms with Crippen molar-refractivity contribution in [2.75, 3.05) is 26.2 Å². The summed E-state index contributed by atoms with van der Waals surface area (Å²) in [6.07, 6.45) is 6.29. The van der Waals surface area contributed by atoms with Crippen LogP contribution in [0.2, 0.25) is 0 Å². The van der Waals surface area contributed by atoms with Gasteiger partial charge in [-0.05, 0) is 61.1 Å². The van der Waals surface area contributed by atoms with Gasteiger partial charge in [0.15, 0.2) is 0 Å². The quantitative estimate of drug-likeness (QED) is 0.786. The Hall–Kier alpha value is -2.13. The highest BCUT2D eigenvalue weighted by Gasteiger charge is 2.46. The molecule has 2 heterocycles. The molecule has 0 radical (unpaired) electrons. The van der Waals surface area contributed by atoms with E-state index in [1.165, 1.54) is 37.9 Å². The zero-order valence-electron chi connectivity index (χ0n) is 16.6. The van der Waals surface area contributed by atoms with Crippen molar-refractivity contribution in [1.29, 1.82) is 0 Å². The molecule has 2 aliphatic heterocycles. The van der Waals surface area contributed by atoms with Gasteiger partial charge >= 0.3 is 0 Å². The molecule has 5 rings (SSSR count). The number of carbonyl (C=O) groups excluding carboxylic acids is 1. The zero-order chi connectivity index (χ0) is 19.0. The molecule has 3 aliphatic rings. The average Bonchev–Trinajstić information content (AvgIpc) is 3.60. The number of hydrogen-bond acceptors (Lipinski definition) is 2. The van der Waals surface area contributed by atoms with Crippen LogP contribution in [0.4, 0.5) is 0 Å². The Morgan fingerprint density at radius 3 is 2.18 bits per heavy atom. The van der Waals surface area contributed by atoms with Crippen LogP contribution < -0.4 is 0 Å². The monoisotopic (exact) mass is 374 g/mol. The Bertz CT molecular complexity index is 807. The van der Waals surface area contributed by atoms with E-state index in [1.807, 2.05) is 30.3 Å². The number of likely N-dealkylation sites (tertiary alicyclic amines) is 2. The first kappa shape index (κ1) is 17.9. The molecule has 0 N–H and O–H groups in total. The van der Waals surface area contributed by atoms with Crippen LogP contribution in [0.5, 0.6) is 0 Å². The second-order valence-corrected chi connectivity index (χ2v) is 9.13. The Morgan fingerprint density at radius 1 is 0.893 bits per heavy atom. The van der Waals surface area contributed by atoms with Crippen molar-refractivity contribution in [1.82, 2.24) is 9.80 Å². The Balaban J connectivity index is 1.31. The van der Waals surface area contributed by atoms with Crippen LogP contribution in [0.25, 0.3) is 0 Å². The van der Waals surface area contributed by atoms with Gasteiger partial charge in [0.25, 0.3) is 5.91 Å². The SMILES string of the molecule is O=C(c1ccccc1)N1CCC2(CC1)C[C@H](c1ccccc1)CN(C1CC1)C2. The van der Waals surface area contributed by atoms with E-state index in [2.05, 4.69) is 40.1 Å². The zero-order valence-corrected chi connectivity index (χ0v) is 16.6. The molecule has 2 aromatic carbocycles. The van der Waals surface area contributed by atoms with Crippen molar-refractivity contribution in [3.05, 3.63) is 71.8 Å². The number of piperidine rings is 2. The summed E-state index contributed by atoms with van der Waals surface area (Å²) in [5, 5.41) is 0. The lowest BCUT2D eigenvalue weighted by Gasteiger charge is -2.50. The highest BCUT2D eigenvalue weighted by Crippen LogP contribution is 2.47. The molecule has 146 valence electrons. The fourth-order valence-corrected chi connectivity index (χ4v) is 5.41. The van der Waals surface area contributed by atoms with E-state index in [0.29, 0.717) is 11.3 Å². The molecule has 3 fully saturated rings. The normalized spacial score (nSPS) is 25.0. The second-order valence-electron chi connectivity index (χ2n) is 9.13. The summed E-state index contributed by atoms with van der Waals surface area (Å²) in [5.74, 6) is 0.830. The molecule has 1 aliphatic carbocycles. The summed E-state index contributed by atoms with van der Waals surface area (Å²) in [6.45, 7) is 4.24. The van der Waals surface area contributed by atoms with E-state index in [0.717, 1.165) is 37.5 Å². The number of benzene rings is 2. The van der Waals surface area contributed by atoms with Gasteiger partial charge in [-0.3, -0.25) is 9.69 Å². The predicted octanol–water partition coefficient (Wildman–Crippen LogP) is 4.56. The van der Waals surface area contributed by atoms with Gasteiger partial charge in [-0.15, -0.1) is 0 Å². The minimum absolute atomic E-state index is 0.199. The van der Waals surface area contributed by atoms with Gasteiger partial charge in [-0.25, -0.2) is 0 Å². The van der Waals surface area contributed by atoms with Crippen LogP contribution in [0, 0.1) is 5.41 Å². The third-order valence-corrected chi connectivity index (χ3v) is 7.14. The molecule has 0 aromatic heterocycles. The topological polar surface area (TPSA) is 23.6 Å². The van der Waals surface area contributed by atoms with Gasteiger partial charge in [0.2, 0.25) is 0 Å². The summed E-state index contributed by atoms with van der Waals surface area (Å²) < 4.78 is 0. The van der Waals surface area contributed by atoms with Crippen molar-refractivity contribution >= 4 is 5.91 Å². The molecular weight excluding hydrogens is 344 g/mol. The summed E-state index contributed by atoms with van der Waals surface area (Å²) in [4.78, 5) is 17.7. The summed E-state index contributed by atoms with van der Waals surface area (Å²) in [5.41, 5.74) is 2.69. The highest BCUT2D eigenvalue weighted by atomic mass is 16.2. The highest BCUT2D eigenvalue weighted by molar-refractivity contribution is 5.94. The summed E-state index contributed by atoms with van der Waals surface area (Å²) in [6, 6.07) is 21.7. The van der Waals surface area contributed by atoms with Crippen LogP contribution in [0.1, 0.15) is 53.9 Å². The molecule has 3 nitrogen and oxygen atoms in total. The predicted molar refractivity (Wildman–Crippen MR) is 112 cm³/mol. The van der Waals surface area contributed by atoms with Crippen molar-refractivity contribution in [2.45, 2.75) is 44.1 Å². The molecular formula is C25H30N2O. The smallest absolute Gasteiger partial charge is 0.253 e. The van der Waals surface area contributed by atoms with Crippen molar-refractivity contribution in [3.63, 3.8) is 0 Å². The van der Waals surface area contributed by atoms with E-state index >= 15 is 0 Å². The number of amides is 1. The Labute approximate surface area is 168 Å². The molecule has 0 bridgehead atoms. The molecule has 1 spiro atoms. The molecule has 1 amide bonds. The van der Waals surface area contributed by atoms with Gasteiger partial charge in [-0.1, -0.05) is 48.5 Å². The second kappa shape index (κ2) is 7.36. The average molecular weight is 375 g/mol. The van der Waals surface area contributed by atoms with Crippen LogP contribution in [-0.2, 0) is 0 Å². The third-order valence-electron chi connectivity index (χ3n) is 7.14. The maximum absolute atomic E-state index is 12.9. The maximum Gasteiger partial charge on any atom is 0.253 e. The Kier molecular flexibility index (Phi) is 4.72. The first-order chi connectivity index (χ1) is 13.7. The standard InChI is InChI=1S/C25H30N2O/c28-24(21-9-5-2-6-10-21)26-15-13-25(14-16-26)17-22(20-7-3-1-4-8-20)18-27(19-25)23-11-12-23/h1-10,22-23H,11-19H2/t22-/m0/s1. The van der Waals surface area contributed by atoms with Crippen LogP contribution >= 0.6 is 0 Å². The summed E-state index contributed by atoms with van der Waals surface area (Å²) >= 11 is 0. The van der Waals surface area contributed by atoms with Crippen LogP contribution in [0.3, 0.4) is 0 Å². The summed E-state index contributed by atoms with van der Waals surface area (Å²) in [7, 11) is 0. The lowest BCUT2D eigenvalue weighted by Crippen LogP contribution is -2.53. The fourth-order valence-electron chi connectivity index (χ4n) is 5.41. The molecule has 2 aromatic rings. The maximum atomic E-state index is 12.9. The van der Waals surface area contributed by atoms with E-state index in [-0.39, 0.29) is 5.91 Å². The number of rotatable bonds is 3. The molecule has 0 unspecified atom stereocenters. The first-order valence-electron chi connectivity index (χ1n) is 10.9. The molecule has 2 saturated heterocycles. The van der Waals surface area contributed by atoms with Crippen molar-refractivity contribution in [2.24, 2.45) is 5.41 Å². The van der Waals surface area contributed by atoms with E-state index < -0.39 is 0 Å². The van der Waals surface area contributed by atoms with E-state index in [1.54, 1.807) is 0 Å². The minimum Gasteiger partial charge on any atom is -0.339 e. The number of nitrogens with zero attached hydrogens (tertiary/aromatic N) is 2.